The van der Waals surface area contributed by atoms with Crippen LogP contribution in [0.3, 0.4) is 0 Å². The first-order chi connectivity index (χ1) is 8.48. The molecule has 1 aromatic rings. The van der Waals surface area contributed by atoms with Gasteiger partial charge >= 0.3 is 0 Å². The van der Waals surface area contributed by atoms with E-state index in [0.717, 1.165) is 12.8 Å². The first-order valence-corrected chi connectivity index (χ1v) is 7.76. The number of aryl methyl sites for hydroxylation is 1. The third-order valence-electron chi connectivity index (χ3n) is 3.58. The molecule has 0 spiro atoms. The van der Waals surface area contributed by atoms with Crippen LogP contribution in [0, 0.1) is 0 Å². The van der Waals surface area contributed by atoms with Crippen molar-refractivity contribution in [3.05, 3.63) is 35.4 Å². The van der Waals surface area contributed by atoms with E-state index in [9.17, 15) is 8.42 Å². The van der Waals surface area contributed by atoms with Crippen molar-refractivity contribution >= 4 is 10.1 Å². The quantitative estimate of drug-likeness (QED) is 0.802. The molecule has 1 aliphatic carbocycles. The Labute approximate surface area is 108 Å². The molecule has 0 bridgehead atoms. The van der Waals surface area contributed by atoms with Crippen LogP contribution in [0.15, 0.2) is 24.3 Å². The average Bonchev–Trinajstić information content (AvgIpc) is 2.71. The first kappa shape index (κ1) is 13.5. The summed E-state index contributed by atoms with van der Waals surface area (Å²) < 4.78 is 30.6. The van der Waals surface area contributed by atoms with Crippen molar-refractivity contribution in [2.45, 2.75) is 37.5 Å². The van der Waals surface area contributed by atoms with Gasteiger partial charge in [0, 0.05) is 6.04 Å². The van der Waals surface area contributed by atoms with Gasteiger partial charge in [-0.05, 0) is 43.9 Å². The zero-order chi connectivity index (χ0) is 13.2. The fourth-order valence-corrected chi connectivity index (χ4v) is 2.79. The molecule has 1 aromatic carbocycles. The highest BCUT2D eigenvalue weighted by molar-refractivity contribution is 7.86. The second kappa shape index (κ2) is 5.38. The zero-order valence-electron chi connectivity index (χ0n) is 10.5. The molecule has 0 aliphatic heterocycles. The predicted octanol–water partition coefficient (Wildman–Crippen LogP) is 1.93. The van der Waals surface area contributed by atoms with E-state index in [4.69, 9.17) is 4.55 Å². The number of nitrogens with one attached hydrogen (secondary N) is 1. The number of hydrogen-bond acceptors (Lipinski definition) is 3. The van der Waals surface area contributed by atoms with Gasteiger partial charge in [0.2, 0.25) is 0 Å². The van der Waals surface area contributed by atoms with E-state index >= 15 is 0 Å². The van der Waals surface area contributed by atoms with Crippen molar-refractivity contribution in [3.63, 3.8) is 0 Å². The summed E-state index contributed by atoms with van der Waals surface area (Å²) in [6, 6.07) is 8.64. The van der Waals surface area contributed by atoms with Gasteiger partial charge in [0.15, 0.2) is 0 Å². The van der Waals surface area contributed by atoms with Crippen LogP contribution < -0.4 is 5.32 Å². The molecule has 1 aliphatic rings. The van der Waals surface area contributed by atoms with Crippen LogP contribution >= 0.6 is 0 Å². The molecule has 2 atom stereocenters. The SMILES string of the molecule is CC(CCNC1CCc2ccccc21)S(=O)(=O)O. The molecule has 2 rings (SSSR count). The Balaban J connectivity index is 1.86. The van der Waals surface area contributed by atoms with Crippen LogP contribution in [-0.4, -0.2) is 24.8 Å². The molecule has 0 saturated carbocycles. The number of hydrogen-bond donors (Lipinski definition) is 2. The second-order valence-electron chi connectivity index (χ2n) is 4.86. The van der Waals surface area contributed by atoms with Gasteiger partial charge in [-0.2, -0.15) is 8.42 Å². The van der Waals surface area contributed by atoms with Crippen molar-refractivity contribution in [1.29, 1.82) is 0 Å². The van der Waals surface area contributed by atoms with E-state index in [1.165, 1.54) is 18.1 Å². The summed E-state index contributed by atoms with van der Waals surface area (Å²) >= 11 is 0. The fraction of sp³-hybridized carbons (Fsp3) is 0.538. The molecule has 100 valence electrons. The molecule has 5 heteroatoms. The third kappa shape index (κ3) is 3.10. The average molecular weight is 269 g/mol. The fourth-order valence-electron chi connectivity index (χ4n) is 2.38. The van der Waals surface area contributed by atoms with Gasteiger partial charge in [-0.15, -0.1) is 0 Å². The minimum absolute atomic E-state index is 0.315. The van der Waals surface area contributed by atoms with Crippen LogP contribution in [0.1, 0.15) is 36.9 Å². The second-order valence-corrected chi connectivity index (χ2v) is 6.69. The van der Waals surface area contributed by atoms with E-state index in [0.29, 0.717) is 19.0 Å². The Bertz CT molecular complexity index is 513. The van der Waals surface area contributed by atoms with E-state index in [-0.39, 0.29) is 0 Å². The smallest absolute Gasteiger partial charge is 0.267 e. The molecule has 0 amide bonds. The molecule has 0 heterocycles. The predicted molar refractivity (Wildman–Crippen MR) is 71.1 cm³/mol. The molecule has 2 N–H and O–H groups in total. The van der Waals surface area contributed by atoms with Crippen LogP contribution in [0.4, 0.5) is 0 Å². The van der Waals surface area contributed by atoms with Crippen LogP contribution in [0.25, 0.3) is 0 Å². The monoisotopic (exact) mass is 269 g/mol. The Morgan fingerprint density at radius 2 is 2.17 bits per heavy atom. The highest BCUT2D eigenvalue weighted by atomic mass is 32.2. The summed E-state index contributed by atoms with van der Waals surface area (Å²) in [6.07, 6.45) is 2.55. The molecule has 0 radical (unpaired) electrons. The highest BCUT2D eigenvalue weighted by Gasteiger charge is 2.22. The van der Waals surface area contributed by atoms with Crippen molar-refractivity contribution in [2.75, 3.05) is 6.54 Å². The molecule has 4 nitrogen and oxygen atoms in total. The minimum Gasteiger partial charge on any atom is -0.310 e. The van der Waals surface area contributed by atoms with Crippen LogP contribution in [0.2, 0.25) is 0 Å². The minimum atomic E-state index is -3.90. The largest absolute Gasteiger partial charge is 0.310 e. The van der Waals surface area contributed by atoms with Crippen LogP contribution in [-0.2, 0) is 16.5 Å². The summed E-state index contributed by atoms with van der Waals surface area (Å²) in [5, 5.41) is 2.66. The topological polar surface area (TPSA) is 66.4 Å². The Kier molecular flexibility index (Phi) is 4.04. The lowest BCUT2D eigenvalue weighted by atomic mass is 10.1. The molecule has 0 saturated heterocycles. The summed E-state index contributed by atoms with van der Waals surface area (Å²) in [6.45, 7) is 2.12. The maximum atomic E-state index is 10.9. The van der Waals surface area contributed by atoms with Gasteiger partial charge < -0.3 is 5.32 Å². The maximum Gasteiger partial charge on any atom is 0.267 e. The van der Waals surface area contributed by atoms with E-state index < -0.39 is 15.4 Å². The molecular weight excluding hydrogens is 250 g/mol. The van der Waals surface area contributed by atoms with Gasteiger partial charge in [-0.1, -0.05) is 24.3 Å². The number of benzene rings is 1. The van der Waals surface area contributed by atoms with E-state index in [1.54, 1.807) is 0 Å². The Hall–Kier alpha value is -0.910. The van der Waals surface area contributed by atoms with Crippen molar-refractivity contribution in [3.8, 4) is 0 Å². The maximum absolute atomic E-state index is 10.9. The molecular formula is C13H19NO3S. The zero-order valence-corrected chi connectivity index (χ0v) is 11.3. The summed E-state index contributed by atoms with van der Waals surface area (Å²) in [7, 11) is -3.90. The van der Waals surface area contributed by atoms with Gasteiger partial charge in [-0.3, -0.25) is 4.55 Å². The lowest BCUT2D eigenvalue weighted by Crippen LogP contribution is -2.26. The van der Waals surface area contributed by atoms with Gasteiger partial charge in [0.05, 0.1) is 5.25 Å². The van der Waals surface area contributed by atoms with Crippen molar-refractivity contribution in [2.24, 2.45) is 0 Å². The lowest BCUT2D eigenvalue weighted by molar-refractivity contribution is 0.456. The lowest BCUT2D eigenvalue weighted by Gasteiger charge is -2.15. The number of rotatable bonds is 5. The Morgan fingerprint density at radius 3 is 2.89 bits per heavy atom. The Morgan fingerprint density at radius 1 is 1.44 bits per heavy atom. The van der Waals surface area contributed by atoms with Crippen molar-refractivity contribution in [1.82, 2.24) is 5.32 Å². The summed E-state index contributed by atoms with van der Waals surface area (Å²) in [5.74, 6) is 0. The number of fused-ring (bicyclic) bond motifs is 1. The normalized spacial score (nSPS) is 20.7. The van der Waals surface area contributed by atoms with E-state index in [1.807, 2.05) is 12.1 Å². The third-order valence-corrected chi connectivity index (χ3v) is 4.84. The first-order valence-electron chi connectivity index (χ1n) is 6.26. The van der Waals surface area contributed by atoms with E-state index in [2.05, 4.69) is 17.4 Å². The van der Waals surface area contributed by atoms with Gasteiger partial charge in [0.25, 0.3) is 10.1 Å². The highest BCUT2D eigenvalue weighted by Crippen LogP contribution is 2.30. The molecule has 0 fully saturated rings. The van der Waals surface area contributed by atoms with Gasteiger partial charge in [-0.25, -0.2) is 0 Å². The van der Waals surface area contributed by atoms with Gasteiger partial charge in [0.1, 0.15) is 0 Å². The molecule has 18 heavy (non-hydrogen) atoms. The summed E-state index contributed by atoms with van der Waals surface area (Å²) in [4.78, 5) is 0. The summed E-state index contributed by atoms with van der Waals surface area (Å²) in [5.41, 5.74) is 2.69. The molecule has 2 unspecified atom stereocenters. The van der Waals surface area contributed by atoms with Crippen LogP contribution in [0.5, 0.6) is 0 Å². The standard InChI is InChI=1S/C13H19NO3S/c1-10(18(15,16)17)8-9-14-13-7-6-11-4-2-3-5-12(11)13/h2-5,10,13-14H,6-9H2,1H3,(H,15,16,17). The van der Waals surface area contributed by atoms with Crippen molar-refractivity contribution < 1.29 is 13.0 Å². The molecule has 0 aromatic heterocycles.